The van der Waals surface area contributed by atoms with E-state index >= 15 is 0 Å². The first kappa shape index (κ1) is 12.4. The van der Waals surface area contributed by atoms with Gasteiger partial charge in [0.15, 0.2) is 0 Å². The summed E-state index contributed by atoms with van der Waals surface area (Å²) in [5.41, 5.74) is 6.24. The highest BCUT2D eigenvalue weighted by Gasteiger charge is 2.26. The molecule has 7 heteroatoms. The molecule has 2 rings (SSSR count). The minimum atomic E-state index is -0.457. The zero-order chi connectivity index (χ0) is 12.6. The third-order valence-corrected chi connectivity index (χ3v) is 3.50. The molecule has 1 fully saturated rings. The number of nitrogens with two attached hydrogens (primary N) is 1. The van der Waals surface area contributed by atoms with E-state index in [1.165, 1.54) is 12.1 Å². The van der Waals surface area contributed by atoms with Gasteiger partial charge in [-0.05, 0) is 12.5 Å². The zero-order valence-corrected chi connectivity index (χ0v) is 10.4. The zero-order valence-electron chi connectivity index (χ0n) is 8.90. The Bertz CT molecular complexity index is 467. The lowest BCUT2D eigenvalue weighted by molar-refractivity contribution is -0.384. The molecule has 1 aliphatic heterocycles. The van der Waals surface area contributed by atoms with Crippen molar-refractivity contribution in [1.82, 2.24) is 0 Å². The lowest BCUT2D eigenvalue weighted by Gasteiger charge is -2.18. The molecule has 0 amide bonds. The lowest BCUT2D eigenvalue weighted by Crippen LogP contribution is -2.26. The molecule has 1 aromatic rings. The van der Waals surface area contributed by atoms with Gasteiger partial charge in [0.25, 0.3) is 5.69 Å². The Balaban J connectivity index is 2.44. The largest absolute Gasteiger partial charge is 0.364 e. The summed E-state index contributed by atoms with van der Waals surface area (Å²) in [6, 6.07) is 2.85. The number of anilines is 1. The Morgan fingerprint density at radius 2 is 2.06 bits per heavy atom. The molecular formula is C10H11Cl2N3O2. The van der Waals surface area contributed by atoms with E-state index in [0.717, 1.165) is 6.42 Å². The Morgan fingerprint density at radius 3 is 2.59 bits per heavy atom. The van der Waals surface area contributed by atoms with Crippen molar-refractivity contribution < 1.29 is 4.92 Å². The van der Waals surface area contributed by atoms with Crippen LogP contribution in [0.4, 0.5) is 11.4 Å². The molecule has 1 atom stereocenters. The fraction of sp³-hybridized carbons (Fsp3) is 0.400. The van der Waals surface area contributed by atoms with E-state index in [1.54, 1.807) is 0 Å². The molecule has 0 bridgehead atoms. The van der Waals surface area contributed by atoms with Crippen LogP contribution in [0.3, 0.4) is 0 Å². The summed E-state index contributed by atoms with van der Waals surface area (Å²) in [6.45, 7) is 1.29. The Morgan fingerprint density at radius 1 is 1.41 bits per heavy atom. The molecule has 1 heterocycles. The van der Waals surface area contributed by atoms with Gasteiger partial charge in [-0.3, -0.25) is 10.1 Å². The maximum Gasteiger partial charge on any atom is 0.294 e. The minimum absolute atomic E-state index is 0.0338. The van der Waals surface area contributed by atoms with E-state index in [2.05, 4.69) is 0 Å². The third kappa shape index (κ3) is 2.46. The first-order chi connectivity index (χ1) is 7.99. The highest BCUT2D eigenvalue weighted by Crippen LogP contribution is 2.37. The van der Waals surface area contributed by atoms with Gasteiger partial charge in [0.2, 0.25) is 0 Å². The molecule has 92 valence electrons. The van der Waals surface area contributed by atoms with Gasteiger partial charge >= 0.3 is 0 Å². The molecule has 1 aromatic carbocycles. The second-order valence-corrected chi connectivity index (χ2v) is 4.82. The molecule has 0 saturated carbocycles. The maximum atomic E-state index is 11.0. The van der Waals surface area contributed by atoms with Gasteiger partial charge in [-0.25, -0.2) is 0 Å². The number of nitrogens with zero attached hydrogens (tertiary/aromatic N) is 2. The van der Waals surface area contributed by atoms with Crippen LogP contribution in [-0.2, 0) is 0 Å². The molecule has 0 aliphatic carbocycles. The fourth-order valence-electron chi connectivity index (χ4n) is 1.93. The van der Waals surface area contributed by atoms with Crippen molar-refractivity contribution in [3.05, 3.63) is 32.3 Å². The van der Waals surface area contributed by atoms with Crippen LogP contribution in [0.5, 0.6) is 0 Å². The van der Waals surface area contributed by atoms with Crippen molar-refractivity contribution in [2.45, 2.75) is 12.5 Å². The number of halogens is 2. The normalized spacial score (nSPS) is 19.7. The molecule has 1 aliphatic rings. The highest BCUT2D eigenvalue weighted by molar-refractivity contribution is 6.42. The van der Waals surface area contributed by atoms with Crippen molar-refractivity contribution in [3.63, 3.8) is 0 Å². The number of benzene rings is 1. The number of nitro benzene ring substituents is 1. The third-order valence-electron chi connectivity index (χ3n) is 2.78. The van der Waals surface area contributed by atoms with Crippen molar-refractivity contribution in [3.8, 4) is 0 Å². The first-order valence-electron chi connectivity index (χ1n) is 5.13. The average molecular weight is 276 g/mol. The van der Waals surface area contributed by atoms with Gasteiger partial charge in [-0.2, -0.15) is 0 Å². The Labute approximate surface area is 108 Å². The van der Waals surface area contributed by atoms with Crippen molar-refractivity contribution in [2.24, 2.45) is 5.73 Å². The summed E-state index contributed by atoms with van der Waals surface area (Å²) >= 11 is 11.7. The van der Waals surface area contributed by atoms with E-state index in [4.69, 9.17) is 28.9 Å². The topological polar surface area (TPSA) is 72.4 Å². The molecule has 1 unspecified atom stereocenters. The van der Waals surface area contributed by atoms with Crippen molar-refractivity contribution >= 4 is 34.6 Å². The number of rotatable bonds is 2. The van der Waals surface area contributed by atoms with Crippen LogP contribution in [0.2, 0.25) is 10.0 Å². The molecular weight excluding hydrogens is 265 g/mol. The van der Waals surface area contributed by atoms with Crippen LogP contribution < -0.4 is 10.6 Å². The van der Waals surface area contributed by atoms with Crippen LogP contribution in [-0.4, -0.2) is 24.1 Å². The number of nitro groups is 1. The molecule has 17 heavy (non-hydrogen) atoms. The van der Waals surface area contributed by atoms with Gasteiger partial charge in [0, 0.05) is 25.2 Å². The van der Waals surface area contributed by atoms with Gasteiger partial charge in [-0.1, -0.05) is 23.2 Å². The van der Waals surface area contributed by atoms with Crippen molar-refractivity contribution in [1.29, 1.82) is 0 Å². The van der Waals surface area contributed by atoms with Gasteiger partial charge < -0.3 is 10.6 Å². The Hall–Kier alpha value is -1.04. The first-order valence-corrected chi connectivity index (χ1v) is 5.88. The van der Waals surface area contributed by atoms with Gasteiger partial charge in [0.1, 0.15) is 5.69 Å². The highest BCUT2D eigenvalue weighted by atomic mass is 35.5. The molecule has 5 nitrogen and oxygen atoms in total. The lowest BCUT2D eigenvalue weighted by atomic mass is 10.2. The van der Waals surface area contributed by atoms with Crippen LogP contribution in [0, 0.1) is 10.1 Å². The molecule has 0 radical (unpaired) electrons. The molecule has 1 saturated heterocycles. The summed E-state index contributed by atoms with van der Waals surface area (Å²) in [7, 11) is 0. The van der Waals surface area contributed by atoms with Crippen LogP contribution in [0.1, 0.15) is 6.42 Å². The monoisotopic (exact) mass is 275 g/mol. The summed E-state index contributed by atoms with van der Waals surface area (Å²) in [5.74, 6) is 0. The smallest absolute Gasteiger partial charge is 0.294 e. The SMILES string of the molecule is NC1CCN(c2cc(Cl)c(Cl)cc2[N+](=O)[O-])C1. The second kappa shape index (κ2) is 4.68. The molecule has 0 spiro atoms. The maximum absolute atomic E-state index is 11.0. The Kier molecular flexibility index (Phi) is 3.42. The molecule has 2 N–H and O–H groups in total. The van der Waals surface area contributed by atoms with Crippen molar-refractivity contribution in [2.75, 3.05) is 18.0 Å². The second-order valence-electron chi connectivity index (χ2n) is 4.01. The van der Waals surface area contributed by atoms with Gasteiger partial charge in [0.05, 0.1) is 15.0 Å². The standard InChI is InChI=1S/C10H11Cl2N3O2/c11-7-3-9(14-2-1-6(13)5-14)10(15(16)17)4-8(7)12/h3-4,6H,1-2,5,13H2. The molecule has 0 aromatic heterocycles. The van der Waals surface area contributed by atoms with Gasteiger partial charge in [-0.15, -0.1) is 0 Å². The summed E-state index contributed by atoms with van der Waals surface area (Å²) < 4.78 is 0. The van der Waals surface area contributed by atoms with E-state index in [1.807, 2.05) is 4.90 Å². The van der Waals surface area contributed by atoms with Crippen LogP contribution in [0.25, 0.3) is 0 Å². The predicted molar refractivity (Wildman–Crippen MR) is 67.9 cm³/mol. The number of hydrogen-bond acceptors (Lipinski definition) is 4. The van der Waals surface area contributed by atoms with E-state index in [9.17, 15) is 10.1 Å². The summed E-state index contributed by atoms with van der Waals surface area (Å²) in [4.78, 5) is 12.4. The number of hydrogen-bond donors (Lipinski definition) is 1. The van der Waals surface area contributed by atoms with Crippen LogP contribution in [0.15, 0.2) is 12.1 Å². The van der Waals surface area contributed by atoms with Crippen LogP contribution >= 0.6 is 23.2 Å². The average Bonchev–Trinajstić information content (AvgIpc) is 2.68. The summed E-state index contributed by atoms with van der Waals surface area (Å²) in [6.07, 6.45) is 0.817. The predicted octanol–water partition coefficient (Wildman–Crippen LogP) is 2.44. The van der Waals surface area contributed by atoms with E-state index < -0.39 is 4.92 Å². The minimum Gasteiger partial charge on any atom is -0.364 e. The summed E-state index contributed by atoms with van der Waals surface area (Å²) in [5, 5.41) is 11.5. The fourth-order valence-corrected chi connectivity index (χ4v) is 2.25. The van der Waals surface area contributed by atoms with E-state index in [-0.39, 0.29) is 16.8 Å². The van der Waals surface area contributed by atoms with E-state index in [0.29, 0.717) is 23.8 Å². The quantitative estimate of drug-likeness (QED) is 0.665.